The third-order valence-corrected chi connectivity index (χ3v) is 4.69. The lowest BCUT2D eigenvalue weighted by Crippen LogP contribution is -2.56. The number of hydrogen-bond donors (Lipinski definition) is 1. The highest BCUT2D eigenvalue weighted by atomic mass is 19.1. The first kappa shape index (κ1) is 16.9. The summed E-state index contributed by atoms with van der Waals surface area (Å²) in [6.45, 7) is 0.717. The first-order valence-electron chi connectivity index (χ1n) is 8.46. The number of carbonyl (C=O) groups excluding carboxylic acids is 2. The molecule has 4 nitrogen and oxygen atoms in total. The number of alkyl halides is 1. The van der Waals surface area contributed by atoms with Crippen LogP contribution in [0.3, 0.4) is 0 Å². The van der Waals surface area contributed by atoms with E-state index >= 15 is 0 Å². The van der Waals surface area contributed by atoms with Gasteiger partial charge in [0.05, 0.1) is 13.0 Å². The molecular weight excluding hydrogens is 314 g/mol. The molecule has 0 bridgehead atoms. The third-order valence-electron chi connectivity index (χ3n) is 4.69. The maximum absolute atomic E-state index is 15.0. The van der Waals surface area contributed by atoms with E-state index in [-0.39, 0.29) is 25.3 Å². The van der Waals surface area contributed by atoms with Gasteiger partial charge in [0.2, 0.25) is 11.6 Å². The highest BCUT2D eigenvalue weighted by Gasteiger charge is 2.44. The Hall–Kier alpha value is -1.98. The molecule has 6 heteroatoms. The molecule has 1 saturated heterocycles. The average molecular weight is 336 g/mol. The predicted octanol–water partition coefficient (Wildman–Crippen LogP) is 2.23. The number of benzene rings is 1. The smallest absolute Gasteiger partial charge is 0.259 e. The van der Waals surface area contributed by atoms with Gasteiger partial charge in [-0.15, -0.1) is 0 Å². The van der Waals surface area contributed by atoms with Crippen molar-refractivity contribution in [2.75, 3.05) is 19.6 Å². The van der Waals surface area contributed by atoms with Crippen LogP contribution in [0.2, 0.25) is 0 Å². The fourth-order valence-corrected chi connectivity index (χ4v) is 3.06. The monoisotopic (exact) mass is 336 g/mol. The van der Waals surface area contributed by atoms with Crippen molar-refractivity contribution in [1.29, 1.82) is 0 Å². The quantitative estimate of drug-likeness (QED) is 0.896. The van der Waals surface area contributed by atoms with Crippen LogP contribution in [-0.2, 0) is 16.0 Å². The highest BCUT2D eigenvalue weighted by Crippen LogP contribution is 2.29. The van der Waals surface area contributed by atoms with Crippen molar-refractivity contribution in [1.82, 2.24) is 10.2 Å². The van der Waals surface area contributed by atoms with Gasteiger partial charge in [0.1, 0.15) is 5.82 Å². The van der Waals surface area contributed by atoms with E-state index in [0.29, 0.717) is 31.0 Å². The van der Waals surface area contributed by atoms with E-state index in [1.165, 1.54) is 17.0 Å². The largest absolute Gasteiger partial charge is 0.353 e. The van der Waals surface area contributed by atoms with Gasteiger partial charge in [-0.3, -0.25) is 9.59 Å². The molecule has 3 rings (SSSR count). The number of rotatable bonds is 5. The number of amides is 2. The Morgan fingerprint density at radius 2 is 2.12 bits per heavy atom. The number of halogens is 2. The van der Waals surface area contributed by atoms with Gasteiger partial charge in [0, 0.05) is 13.1 Å². The standard InChI is InChI=1S/C18H22F2N2O2/c19-15-4-1-3-14(9-15)10-16(23)22-8-2-7-18(20,12-22)17(24)21-11-13-5-6-13/h1,3-4,9,13H,2,5-8,10-12H2,(H,21,24). The lowest BCUT2D eigenvalue weighted by Gasteiger charge is -2.36. The highest BCUT2D eigenvalue weighted by molar-refractivity contribution is 5.87. The Balaban J connectivity index is 1.59. The molecule has 1 aliphatic heterocycles. The number of nitrogens with zero attached hydrogens (tertiary/aromatic N) is 1. The second-order valence-corrected chi connectivity index (χ2v) is 6.84. The predicted molar refractivity (Wildman–Crippen MR) is 85.5 cm³/mol. The SMILES string of the molecule is O=C(Cc1cccc(F)c1)N1CCCC(F)(C(=O)NCC2CC2)C1. The molecule has 2 fully saturated rings. The maximum atomic E-state index is 15.0. The van der Waals surface area contributed by atoms with E-state index in [4.69, 9.17) is 0 Å². The zero-order valence-corrected chi connectivity index (χ0v) is 13.6. The Kier molecular flexibility index (Phi) is 4.83. The zero-order chi connectivity index (χ0) is 17.2. The van der Waals surface area contributed by atoms with Crippen LogP contribution in [0.4, 0.5) is 8.78 Å². The summed E-state index contributed by atoms with van der Waals surface area (Å²) in [7, 11) is 0. The van der Waals surface area contributed by atoms with Crippen LogP contribution in [0.5, 0.6) is 0 Å². The molecular formula is C18H22F2N2O2. The first-order valence-corrected chi connectivity index (χ1v) is 8.46. The molecule has 1 aromatic carbocycles. The van der Waals surface area contributed by atoms with Crippen LogP contribution in [0.15, 0.2) is 24.3 Å². The van der Waals surface area contributed by atoms with E-state index in [9.17, 15) is 18.4 Å². The molecule has 0 aromatic heterocycles. The number of likely N-dealkylation sites (tertiary alicyclic amines) is 1. The number of piperidine rings is 1. The van der Waals surface area contributed by atoms with Crippen LogP contribution >= 0.6 is 0 Å². The van der Waals surface area contributed by atoms with Gasteiger partial charge in [-0.05, 0) is 49.3 Å². The number of nitrogens with one attached hydrogen (secondary N) is 1. The minimum Gasteiger partial charge on any atom is -0.353 e. The van der Waals surface area contributed by atoms with Crippen LogP contribution in [0.25, 0.3) is 0 Å². The van der Waals surface area contributed by atoms with Gasteiger partial charge < -0.3 is 10.2 Å². The fourth-order valence-electron chi connectivity index (χ4n) is 3.06. The van der Waals surface area contributed by atoms with Gasteiger partial charge in [-0.2, -0.15) is 0 Å². The summed E-state index contributed by atoms with van der Waals surface area (Å²) in [5, 5.41) is 2.67. The molecule has 1 heterocycles. The summed E-state index contributed by atoms with van der Waals surface area (Å²) in [5.41, 5.74) is -1.47. The van der Waals surface area contributed by atoms with Crippen molar-refractivity contribution >= 4 is 11.8 Å². The van der Waals surface area contributed by atoms with Gasteiger partial charge in [0.25, 0.3) is 5.91 Å². The van der Waals surface area contributed by atoms with Gasteiger partial charge in [0.15, 0.2) is 0 Å². The lowest BCUT2D eigenvalue weighted by molar-refractivity contribution is -0.143. The van der Waals surface area contributed by atoms with Crippen LogP contribution in [0, 0.1) is 11.7 Å². The normalized spacial score (nSPS) is 23.8. The fraction of sp³-hybridized carbons (Fsp3) is 0.556. The molecule has 1 saturated carbocycles. The minimum absolute atomic E-state index is 0.0114. The van der Waals surface area contributed by atoms with Crippen LogP contribution in [0.1, 0.15) is 31.2 Å². The molecule has 1 unspecified atom stereocenters. The lowest BCUT2D eigenvalue weighted by atomic mass is 9.93. The molecule has 0 spiro atoms. The minimum atomic E-state index is -2.02. The van der Waals surface area contributed by atoms with Crippen molar-refractivity contribution in [3.63, 3.8) is 0 Å². The molecule has 2 aliphatic rings. The molecule has 1 N–H and O–H groups in total. The van der Waals surface area contributed by atoms with E-state index in [1.54, 1.807) is 12.1 Å². The Labute approximate surface area is 140 Å². The molecule has 0 radical (unpaired) electrons. The zero-order valence-electron chi connectivity index (χ0n) is 13.6. The van der Waals surface area contributed by atoms with Crippen molar-refractivity contribution in [3.05, 3.63) is 35.6 Å². The number of carbonyl (C=O) groups is 2. The Morgan fingerprint density at radius 3 is 2.83 bits per heavy atom. The van der Waals surface area contributed by atoms with Crippen molar-refractivity contribution in [2.24, 2.45) is 5.92 Å². The molecule has 1 atom stereocenters. The topological polar surface area (TPSA) is 49.4 Å². The van der Waals surface area contributed by atoms with E-state index in [2.05, 4.69) is 5.32 Å². The summed E-state index contributed by atoms with van der Waals surface area (Å²) >= 11 is 0. The summed E-state index contributed by atoms with van der Waals surface area (Å²) in [6, 6.07) is 5.81. The molecule has 130 valence electrons. The average Bonchev–Trinajstić information content (AvgIpc) is 3.37. The molecule has 2 amide bonds. The second kappa shape index (κ2) is 6.87. The summed E-state index contributed by atoms with van der Waals surface area (Å²) in [4.78, 5) is 25.9. The van der Waals surface area contributed by atoms with Crippen molar-refractivity contribution in [2.45, 2.75) is 37.8 Å². The van der Waals surface area contributed by atoms with Crippen molar-refractivity contribution < 1.29 is 18.4 Å². The van der Waals surface area contributed by atoms with E-state index < -0.39 is 17.4 Å². The molecule has 1 aliphatic carbocycles. The van der Waals surface area contributed by atoms with Gasteiger partial charge >= 0.3 is 0 Å². The summed E-state index contributed by atoms with van der Waals surface area (Å²) in [6.07, 6.45) is 2.75. The van der Waals surface area contributed by atoms with E-state index in [1.807, 2.05) is 0 Å². The maximum Gasteiger partial charge on any atom is 0.259 e. The summed E-state index contributed by atoms with van der Waals surface area (Å²) < 4.78 is 28.2. The van der Waals surface area contributed by atoms with Crippen LogP contribution in [-0.4, -0.2) is 42.0 Å². The Morgan fingerprint density at radius 1 is 1.33 bits per heavy atom. The molecule has 24 heavy (non-hydrogen) atoms. The third kappa shape index (κ3) is 4.10. The Bertz CT molecular complexity index is 633. The van der Waals surface area contributed by atoms with E-state index in [0.717, 1.165) is 12.8 Å². The number of hydrogen-bond acceptors (Lipinski definition) is 2. The van der Waals surface area contributed by atoms with Crippen LogP contribution < -0.4 is 5.32 Å². The first-order chi connectivity index (χ1) is 11.5. The van der Waals surface area contributed by atoms with Gasteiger partial charge in [-0.1, -0.05) is 12.1 Å². The van der Waals surface area contributed by atoms with Crippen molar-refractivity contribution in [3.8, 4) is 0 Å². The molecule has 1 aromatic rings. The van der Waals surface area contributed by atoms with Gasteiger partial charge in [-0.25, -0.2) is 8.78 Å². The second-order valence-electron chi connectivity index (χ2n) is 6.84. The summed E-state index contributed by atoms with van der Waals surface area (Å²) in [5.74, 6) is -0.819.